The number of aliphatic hydroxyl groups excluding tert-OH is 5. The number of aliphatic imine (C=N–C) groups is 4. The van der Waals surface area contributed by atoms with Gasteiger partial charge in [-0.15, -0.1) is 0 Å². The number of hydrogen-bond donors (Lipinski definition) is 11. The number of guanidine groups is 1. The molecule has 20 nitrogen and oxygen atoms in total. The lowest BCUT2D eigenvalue weighted by Gasteiger charge is -2.32. The van der Waals surface area contributed by atoms with E-state index in [4.69, 9.17) is 22.6 Å². The van der Waals surface area contributed by atoms with Crippen LogP contribution in [0.1, 0.15) is 64.7 Å². The Morgan fingerprint density at radius 1 is 0.870 bits per heavy atom. The predicted octanol–water partition coefficient (Wildman–Crippen LogP) is -0.151. The van der Waals surface area contributed by atoms with E-state index in [-0.39, 0.29) is 49.9 Å². The van der Waals surface area contributed by atoms with Crippen LogP contribution >= 0.6 is 21.6 Å². The van der Waals surface area contributed by atoms with Crippen LogP contribution in [0.4, 0.5) is 0 Å². The summed E-state index contributed by atoms with van der Waals surface area (Å²) < 4.78 is 0. The Labute approximate surface area is 321 Å². The maximum absolute atomic E-state index is 14.1. The molecule has 304 valence electrons. The van der Waals surface area contributed by atoms with Gasteiger partial charge in [-0.1, -0.05) is 21.6 Å². The molecule has 0 radical (unpaired) electrons. The highest BCUT2D eigenvalue weighted by molar-refractivity contribution is 8.76. The number of rotatable bonds is 10. The molecule has 0 aliphatic carbocycles. The van der Waals surface area contributed by atoms with E-state index in [1.54, 1.807) is 0 Å². The minimum absolute atomic E-state index is 0.0128. The number of fused-ring (bicyclic) bond motifs is 2. The lowest BCUT2D eigenvalue weighted by atomic mass is 10.1. The lowest BCUT2D eigenvalue weighted by Crippen LogP contribution is -2.52. The second-order valence-corrected chi connectivity index (χ2v) is 15.9. The van der Waals surface area contributed by atoms with Crippen LogP contribution in [-0.2, 0) is 14.4 Å². The normalized spacial score (nSPS) is 32.8. The third-order valence-corrected chi connectivity index (χ3v) is 11.6. The number of aliphatic hydroxyl groups is 5. The van der Waals surface area contributed by atoms with Gasteiger partial charge in [-0.05, 0) is 71.3 Å². The van der Waals surface area contributed by atoms with Crippen molar-refractivity contribution >= 4 is 68.9 Å². The smallest absolute Gasteiger partial charge is 0.329 e. The fourth-order valence-corrected chi connectivity index (χ4v) is 8.52. The zero-order valence-corrected chi connectivity index (χ0v) is 32.0. The number of aliphatic carboxylic acids is 1. The predicted molar refractivity (Wildman–Crippen MR) is 209 cm³/mol. The average molecular weight is 802 g/mol. The fraction of sp³-hybridized carbons (Fsp3) is 0.750. The molecule has 0 aromatic heterocycles. The number of hydrogen-bond acceptors (Lipinski definition) is 13. The van der Waals surface area contributed by atoms with Crippen molar-refractivity contribution in [2.45, 2.75) is 113 Å². The first-order chi connectivity index (χ1) is 25.7. The molecule has 2 fully saturated rings. The Balaban J connectivity index is 2.08. The number of unbranched alkanes of at least 4 members (excludes halogenated alkanes) is 1. The third kappa shape index (κ3) is 12.9. The number of carboxylic acid groups (broad SMARTS) is 1. The van der Waals surface area contributed by atoms with Crippen molar-refractivity contribution in [2.75, 3.05) is 37.7 Å². The summed E-state index contributed by atoms with van der Waals surface area (Å²) in [6.45, 7) is 2.36. The molecule has 54 heavy (non-hydrogen) atoms. The zero-order valence-electron chi connectivity index (χ0n) is 30.4. The van der Waals surface area contributed by atoms with Crippen molar-refractivity contribution in [2.24, 2.45) is 37.2 Å². The van der Waals surface area contributed by atoms with Crippen LogP contribution in [0.3, 0.4) is 0 Å². The van der Waals surface area contributed by atoms with E-state index in [0.29, 0.717) is 51.5 Å². The molecule has 0 saturated carbocycles. The molecular weight excluding hydrogens is 747 g/mol. The van der Waals surface area contributed by atoms with E-state index in [0.717, 1.165) is 21.6 Å². The van der Waals surface area contributed by atoms with Gasteiger partial charge in [0.15, 0.2) is 23.9 Å². The summed E-state index contributed by atoms with van der Waals surface area (Å²) >= 11 is 0. The van der Waals surface area contributed by atoms with Gasteiger partial charge >= 0.3 is 5.97 Å². The van der Waals surface area contributed by atoms with E-state index in [1.165, 1.54) is 16.7 Å². The Bertz CT molecular complexity index is 1430. The third-order valence-electron chi connectivity index (χ3n) is 9.17. The molecule has 22 heteroatoms. The minimum atomic E-state index is -1.48. The van der Waals surface area contributed by atoms with Crippen LogP contribution in [0.2, 0.25) is 0 Å². The van der Waals surface area contributed by atoms with Gasteiger partial charge in [-0.3, -0.25) is 15.0 Å². The summed E-state index contributed by atoms with van der Waals surface area (Å²) in [5.74, 6) is -5.18. The number of nitrogens with zero attached hydrogens (tertiary/aromatic N) is 6. The van der Waals surface area contributed by atoms with Gasteiger partial charge in [-0.25, -0.2) is 24.8 Å². The largest absolute Gasteiger partial charge is 0.495 e. The van der Waals surface area contributed by atoms with E-state index in [1.807, 2.05) is 0 Å². The average Bonchev–Trinajstić information content (AvgIpc) is 3.82. The van der Waals surface area contributed by atoms with Crippen molar-refractivity contribution in [1.82, 2.24) is 15.1 Å². The second-order valence-electron chi connectivity index (χ2n) is 13.3. The van der Waals surface area contributed by atoms with Crippen LogP contribution in [0.25, 0.3) is 0 Å². The van der Waals surface area contributed by atoms with Crippen LogP contribution in [0.15, 0.2) is 20.0 Å². The number of nitrogens with one attached hydrogen (secondary N) is 2. The molecule has 0 bridgehead atoms. The molecule has 14 N–H and O–H groups in total. The van der Waals surface area contributed by atoms with Crippen molar-refractivity contribution in [3.63, 3.8) is 0 Å². The highest BCUT2D eigenvalue weighted by atomic mass is 33.1. The maximum Gasteiger partial charge on any atom is 0.329 e. The molecule has 3 heterocycles. The van der Waals surface area contributed by atoms with E-state index in [2.05, 4.69) is 25.3 Å². The summed E-state index contributed by atoms with van der Waals surface area (Å²) in [4.78, 5) is 59.9. The van der Waals surface area contributed by atoms with Crippen LogP contribution < -0.4 is 22.5 Å². The molecule has 8 atom stereocenters. The molecule has 3 aliphatic rings. The highest BCUT2D eigenvalue weighted by Crippen LogP contribution is 2.28. The number of carbonyl (C=O) groups is 3. The summed E-state index contributed by atoms with van der Waals surface area (Å²) in [7, 11) is 2.12. The van der Waals surface area contributed by atoms with E-state index >= 15 is 0 Å². The number of carboxylic acids is 1. The first-order valence-corrected chi connectivity index (χ1v) is 20.5. The quantitative estimate of drug-likeness (QED) is 0.0592. The van der Waals surface area contributed by atoms with Gasteiger partial charge in [0.25, 0.3) is 0 Å². The van der Waals surface area contributed by atoms with Crippen molar-refractivity contribution in [1.29, 1.82) is 5.41 Å². The summed E-state index contributed by atoms with van der Waals surface area (Å²) in [6.07, 6.45) is 1.86. The topological polar surface area (TPSA) is 342 Å². The molecule has 3 rings (SSSR count). The highest BCUT2D eigenvalue weighted by Gasteiger charge is 2.43. The number of amides is 2. The van der Waals surface area contributed by atoms with Crippen LogP contribution in [-0.4, -0.2) is 174 Å². The Morgan fingerprint density at radius 2 is 1.48 bits per heavy atom. The first-order valence-electron chi connectivity index (χ1n) is 18.0. The molecule has 3 aliphatic heterocycles. The Morgan fingerprint density at radius 3 is 2.11 bits per heavy atom. The van der Waals surface area contributed by atoms with Crippen molar-refractivity contribution in [3.05, 3.63) is 0 Å². The molecule has 1 unspecified atom stereocenters. The molecule has 0 spiro atoms. The summed E-state index contributed by atoms with van der Waals surface area (Å²) in [6, 6.07) is -8.22. The second kappa shape index (κ2) is 21.9. The van der Waals surface area contributed by atoms with Gasteiger partial charge in [-0.2, -0.15) is 0 Å². The molecule has 0 aromatic carbocycles. The zero-order chi connectivity index (χ0) is 39.9. The SMILES string of the molecule is C[C@@H](O)[C@@H]1/N=C(/O)C(N)CSSC[C@@H](C(=O)O)/N=C(\O)[C@H](CCCNC(=N)N)/N=C(\O)[C@@H]2CCCN2C(=O)[C@@H]2CCCN2C(=O)[C@H](CCCCN)/N=C\1O. The van der Waals surface area contributed by atoms with Gasteiger partial charge in [0.1, 0.15) is 24.2 Å². The van der Waals surface area contributed by atoms with Crippen molar-refractivity contribution in [3.8, 4) is 0 Å². The van der Waals surface area contributed by atoms with Crippen LogP contribution in [0, 0.1) is 5.41 Å². The van der Waals surface area contributed by atoms with Crippen molar-refractivity contribution < 1.29 is 45.0 Å². The summed E-state index contributed by atoms with van der Waals surface area (Å²) in [5, 5.41) is 74.7. The molecule has 2 amide bonds. The van der Waals surface area contributed by atoms with Crippen LogP contribution in [0.5, 0.6) is 0 Å². The van der Waals surface area contributed by atoms with Gasteiger partial charge in [0, 0.05) is 31.1 Å². The van der Waals surface area contributed by atoms with E-state index in [9.17, 15) is 45.0 Å². The fourth-order valence-electron chi connectivity index (χ4n) is 6.28. The van der Waals surface area contributed by atoms with Gasteiger partial charge in [0.05, 0.1) is 12.1 Å². The number of carbonyl (C=O) groups excluding carboxylic acids is 2. The standard InChI is InChI=1S/C32H55N11O9S2/c1-17(44)24-28(48)39-20(7-2-3-11-33)29(49)43-14-6-10-23(43)30(50)42-13-5-9-22(42)27(47)38-19(8-4-12-37-32(35)36)26(46)40-21(31(51)52)16-54-53-15-18(34)25(45)41-24/h17-24,44H,2-16,33-34H2,1H3,(H,38,47)(H,39,48)(H,40,46)(H,41,45)(H,51,52)(H4,35,36,37)/t17-,18?,19+,20+,21+,22+,23+,24+/m1/s1. The molecular formula is C32H55N11O9S2. The minimum Gasteiger partial charge on any atom is -0.495 e. The molecule has 0 aromatic rings. The Kier molecular flexibility index (Phi) is 18.0. The van der Waals surface area contributed by atoms with E-state index < -0.39 is 89.8 Å². The Hall–Kier alpha value is -3.86. The lowest BCUT2D eigenvalue weighted by molar-refractivity contribution is -0.144. The summed E-state index contributed by atoms with van der Waals surface area (Å²) in [5.41, 5.74) is 17.2. The monoisotopic (exact) mass is 801 g/mol. The van der Waals surface area contributed by atoms with Gasteiger partial charge < -0.3 is 63.0 Å². The number of nitrogens with two attached hydrogens (primary N) is 3. The maximum atomic E-state index is 14.1. The first kappa shape index (κ1) is 44.5. The van der Waals surface area contributed by atoms with Gasteiger partial charge in [0.2, 0.25) is 29.5 Å². The molecule has 2 saturated heterocycles.